The van der Waals surface area contributed by atoms with Crippen LogP contribution in [0.1, 0.15) is 27.2 Å². The third-order valence-corrected chi connectivity index (χ3v) is 1.10. The molecule has 0 heterocycles. The summed E-state index contributed by atoms with van der Waals surface area (Å²) in [6.45, 7) is 5.95. The van der Waals surface area contributed by atoms with Crippen LogP contribution in [0, 0.1) is 0 Å². The standard InChI is InChI=1S/C6H14O3.C3H8O/c1-5(8)4-9-6(2)3-7;1-2-3-4/h5-8H,3-4H2,1-2H3;4H,2-3H2,1H3. The molecule has 4 heteroatoms. The van der Waals surface area contributed by atoms with Crippen molar-refractivity contribution in [2.45, 2.75) is 39.4 Å². The molecule has 0 rings (SSSR count). The average Bonchev–Trinajstić information content (AvgIpc) is 2.14. The second-order valence-corrected chi connectivity index (χ2v) is 2.90. The predicted octanol–water partition coefficient (Wildman–Crippen LogP) is 0.153. The van der Waals surface area contributed by atoms with E-state index in [1.807, 2.05) is 6.92 Å². The van der Waals surface area contributed by atoms with Crippen LogP contribution >= 0.6 is 0 Å². The van der Waals surface area contributed by atoms with Crippen LogP contribution in [0.15, 0.2) is 0 Å². The highest BCUT2D eigenvalue weighted by Crippen LogP contribution is 1.90. The van der Waals surface area contributed by atoms with Crippen molar-refractivity contribution in [2.75, 3.05) is 19.8 Å². The molecule has 13 heavy (non-hydrogen) atoms. The van der Waals surface area contributed by atoms with E-state index in [1.165, 1.54) is 0 Å². The van der Waals surface area contributed by atoms with Gasteiger partial charge in [0.25, 0.3) is 0 Å². The molecule has 2 unspecified atom stereocenters. The zero-order chi connectivity index (χ0) is 10.7. The summed E-state index contributed by atoms with van der Waals surface area (Å²) in [6.07, 6.45) is 0.263. The predicted molar refractivity (Wildman–Crippen MR) is 51.6 cm³/mol. The fraction of sp³-hybridized carbons (Fsp3) is 1.00. The lowest BCUT2D eigenvalue weighted by Crippen LogP contribution is -2.19. The van der Waals surface area contributed by atoms with Gasteiger partial charge in [0.2, 0.25) is 0 Å². The van der Waals surface area contributed by atoms with Crippen LogP contribution < -0.4 is 0 Å². The molecule has 4 nitrogen and oxygen atoms in total. The molecule has 0 saturated carbocycles. The van der Waals surface area contributed by atoms with E-state index in [2.05, 4.69) is 0 Å². The van der Waals surface area contributed by atoms with Crippen molar-refractivity contribution < 1.29 is 20.1 Å². The van der Waals surface area contributed by atoms with E-state index in [4.69, 9.17) is 20.1 Å². The summed E-state index contributed by atoms with van der Waals surface area (Å²) in [4.78, 5) is 0. The Bertz CT molecular complexity index is 83.7. The minimum Gasteiger partial charge on any atom is -0.396 e. The van der Waals surface area contributed by atoms with E-state index >= 15 is 0 Å². The first-order valence-electron chi connectivity index (χ1n) is 4.59. The van der Waals surface area contributed by atoms with E-state index in [0.29, 0.717) is 13.2 Å². The number of ether oxygens (including phenoxy) is 1. The largest absolute Gasteiger partial charge is 0.396 e. The van der Waals surface area contributed by atoms with Gasteiger partial charge in [-0.05, 0) is 20.3 Å². The van der Waals surface area contributed by atoms with Gasteiger partial charge in [-0.1, -0.05) is 6.92 Å². The molecule has 0 fully saturated rings. The second kappa shape index (κ2) is 11.8. The number of hydrogen-bond donors (Lipinski definition) is 3. The number of aliphatic hydroxyl groups excluding tert-OH is 3. The van der Waals surface area contributed by atoms with Crippen molar-refractivity contribution in [2.24, 2.45) is 0 Å². The maximum absolute atomic E-state index is 8.69. The summed E-state index contributed by atoms with van der Waals surface area (Å²) in [5, 5.41) is 25.0. The molecule has 82 valence electrons. The topological polar surface area (TPSA) is 69.9 Å². The molecule has 0 radical (unpaired) electrons. The summed E-state index contributed by atoms with van der Waals surface area (Å²) in [5.74, 6) is 0. The molecule has 0 aromatic rings. The van der Waals surface area contributed by atoms with E-state index in [0.717, 1.165) is 6.42 Å². The quantitative estimate of drug-likeness (QED) is 0.583. The highest BCUT2D eigenvalue weighted by molar-refractivity contribution is 4.47. The highest BCUT2D eigenvalue weighted by Gasteiger charge is 2.00. The first kappa shape index (κ1) is 15.3. The van der Waals surface area contributed by atoms with E-state index in [1.54, 1.807) is 13.8 Å². The van der Waals surface area contributed by atoms with Gasteiger partial charge in [-0.2, -0.15) is 0 Å². The molecular formula is C9H22O4. The number of aliphatic hydroxyl groups is 3. The molecular weight excluding hydrogens is 172 g/mol. The SMILES string of the molecule is CC(O)COC(C)CO.CCCO. The normalized spacial score (nSPS) is 14.3. The molecule has 0 aliphatic rings. The minimum absolute atomic E-state index is 0.00667. The fourth-order valence-electron chi connectivity index (χ4n) is 0.356. The van der Waals surface area contributed by atoms with Crippen LogP contribution in [-0.4, -0.2) is 47.3 Å². The maximum atomic E-state index is 8.69. The molecule has 0 aromatic carbocycles. The van der Waals surface area contributed by atoms with Crippen molar-refractivity contribution in [1.82, 2.24) is 0 Å². The summed E-state index contributed by atoms with van der Waals surface area (Å²) >= 11 is 0. The molecule has 0 bridgehead atoms. The van der Waals surface area contributed by atoms with Crippen molar-refractivity contribution in [1.29, 1.82) is 0 Å². The molecule has 0 spiro atoms. The van der Waals surface area contributed by atoms with E-state index in [-0.39, 0.29) is 12.7 Å². The van der Waals surface area contributed by atoms with Crippen LogP contribution in [0.5, 0.6) is 0 Å². The molecule has 0 aromatic heterocycles. The first-order valence-corrected chi connectivity index (χ1v) is 4.59. The van der Waals surface area contributed by atoms with E-state index < -0.39 is 6.10 Å². The highest BCUT2D eigenvalue weighted by atomic mass is 16.5. The lowest BCUT2D eigenvalue weighted by molar-refractivity contribution is -0.0177. The third-order valence-electron chi connectivity index (χ3n) is 1.10. The lowest BCUT2D eigenvalue weighted by Gasteiger charge is -2.10. The van der Waals surface area contributed by atoms with Crippen molar-refractivity contribution in [3.8, 4) is 0 Å². The summed E-state index contributed by atoms with van der Waals surface area (Å²) in [7, 11) is 0. The van der Waals surface area contributed by atoms with Crippen LogP contribution in [-0.2, 0) is 4.74 Å². The Hall–Kier alpha value is -0.160. The molecule has 2 atom stereocenters. The monoisotopic (exact) mass is 194 g/mol. The Morgan fingerprint density at radius 2 is 1.69 bits per heavy atom. The molecule has 3 N–H and O–H groups in total. The Labute approximate surface area is 80.2 Å². The average molecular weight is 194 g/mol. The van der Waals surface area contributed by atoms with Gasteiger partial charge in [-0.25, -0.2) is 0 Å². The van der Waals surface area contributed by atoms with Crippen LogP contribution in [0.25, 0.3) is 0 Å². The van der Waals surface area contributed by atoms with Gasteiger partial charge >= 0.3 is 0 Å². The number of rotatable bonds is 5. The van der Waals surface area contributed by atoms with Crippen molar-refractivity contribution in [3.05, 3.63) is 0 Å². The Morgan fingerprint density at radius 1 is 1.23 bits per heavy atom. The molecule has 0 saturated heterocycles. The summed E-state index contributed by atoms with van der Waals surface area (Å²) in [5.41, 5.74) is 0. The van der Waals surface area contributed by atoms with Gasteiger partial charge in [0.1, 0.15) is 0 Å². The van der Waals surface area contributed by atoms with Crippen LogP contribution in [0.4, 0.5) is 0 Å². The van der Waals surface area contributed by atoms with Crippen LogP contribution in [0.2, 0.25) is 0 Å². The zero-order valence-corrected chi connectivity index (χ0v) is 8.73. The van der Waals surface area contributed by atoms with Gasteiger partial charge in [0.15, 0.2) is 0 Å². The minimum atomic E-state index is -0.445. The first-order chi connectivity index (χ1) is 6.08. The summed E-state index contributed by atoms with van der Waals surface area (Å²) < 4.78 is 4.95. The van der Waals surface area contributed by atoms with Gasteiger partial charge in [0, 0.05) is 6.61 Å². The maximum Gasteiger partial charge on any atom is 0.0779 e. The number of hydrogen-bond acceptors (Lipinski definition) is 4. The fourth-order valence-corrected chi connectivity index (χ4v) is 0.356. The molecule has 0 amide bonds. The van der Waals surface area contributed by atoms with Gasteiger partial charge < -0.3 is 20.1 Å². The third kappa shape index (κ3) is 18.7. The molecule has 0 aliphatic heterocycles. The van der Waals surface area contributed by atoms with E-state index in [9.17, 15) is 0 Å². The van der Waals surface area contributed by atoms with Crippen molar-refractivity contribution in [3.63, 3.8) is 0 Å². The van der Waals surface area contributed by atoms with Gasteiger partial charge in [-0.15, -0.1) is 0 Å². The van der Waals surface area contributed by atoms with Crippen molar-refractivity contribution >= 4 is 0 Å². The Balaban J connectivity index is 0. The zero-order valence-electron chi connectivity index (χ0n) is 8.73. The van der Waals surface area contributed by atoms with Gasteiger partial charge in [0.05, 0.1) is 25.4 Å². The Morgan fingerprint density at radius 3 is 1.92 bits per heavy atom. The lowest BCUT2D eigenvalue weighted by atomic mass is 10.4. The van der Waals surface area contributed by atoms with Gasteiger partial charge in [-0.3, -0.25) is 0 Å². The molecule has 0 aliphatic carbocycles. The summed E-state index contributed by atoms with van der Waals surface area (Å²) in [6, 6.07) is 0. The second-order valence-electron chi connectivity index (χ2n) is 2.90. The van der Waals surface area contributed by atoms with Crippen LogP contribution in [0.3, 0.4) is 0 Å². The Kier molecular flexibility index (Phi) is 14.0. The smallest absolute Gasteiger partial charge is 0.0779 e.